The number of amides is 1. The molecular weight excluding hydrogens is 266 g/mol. The van der Waals surface area contributed by atoms with Crippen LogP contribution in [0.1, 0.15) is 71.1 Å². The van der Waals surface area contributed by atoms with Gasteiger partial charge in [-0.3, -0.25) is 4.79 Å². The average Bonchev–Trinajstić information content (AvgIpc) is 2.55. The van der Waals surface area contributed by atoms with E-state index in [9.17, 15) is 4.79 Å². The predicted octanol–water partition coefficient (Wildman–Crippen LogP) is 2.86. The van der Waals surface area contributed by atoms with E-state index in [4.69, 9.17) is 10.9 Å². The molecule has 1 saturated carbocycles. The topological polar surface area (TPSA) is 78.9 Å². The zero-order chi connectivity index (χ0) is 15.3. The van der Waals surface area contributed by atoms with E-state index in [1.165, 1.54) is 6.42 Å². The Kier molecular flexibility index (Phi) is 5.48. The fourth-order valence-corrected chi connectivity index (χ4v) is 4.01. The molecule has 0 radical (unpaired) electrons. The molecule has 1 saturated heterocycles. The van der Waals surface area contributed by atoms with Crippen LogP contribution in [-0.2, 0) is 4.79 Å². The van der Waals surface area contributed by atoms with Gasteiger partial charge in [0.1, 0.15) is 5.41 Å². The summed E-state index contributed by atoms with van der Waals surface area (Å²) in [5.41, 5.74) is 5.21. The van der Waals surface area contributed by atoms with Crippen molar-refractivity contribution < 1.29 is 10.0 Å². The van der Waals surface area contributed by atoms with Crippen molar-refractivity contribution >= 4 is 11.7 Å². The maximum Gasteiger partial charge on any atom is 0.236 e. The molecule has 1 unspecified atom stereocenters. The summed E-state index contributed by atoms with van der Waals surface area (Å²) in [6, 6.07) is 0.335. The Hall–Kier alpha value is -1.26. The molecule has 1 aliphatic heterocycles. The van der Waals surface area contributed by atoms with Crippen LogP contribution in [0.3, 0.4) is 0 Å². The maximum atomic E-state index is 13.2. The molecule has 120 valence electrons. The van der Waals surface area contributed by atoms with E-state index >= 15 is 0 Å². The van der Waals surface area contributed by atoms with Crippen LogP contribution in [0, 0.1) is 5.41 Å². The summed E-state index contributed by atoms with van der Waals surface area (Å²) in [7, 11) is 0. The summed E-state index contributed by atoms with van der Waals surface area (Å²) >= 11 is 0. The van der Waals surface area contributed by atoms with Gasteiger partial charge >= 0.3 is 0 Å². The second-order valence-corrected chi connectivity index (χ2v) is 6.56. The second-order valence-electron chi connectivity index (χ2n) is 6.56. The lowest BCUT2D eigenvalue weighted by atomic mass is 9.71. The molecule has 0 spiro atoms. The number of likely N-dealkylation sites (tertiary alicyclic amines) is 1. The van der Waals surface area contributed by atoms with Crippen molar-refractivity contribution in [1.29, 1.82) is 0 Å². The average molecular weight is 295 g/mol. The first-order valence-corrected chi connectivity index (χ1v) is 8.45. The molecule has 0 bridgehead atoms. The quantitative estimate of drug-likeness (QED) is 0.362. The summed E-state index contributed by atoms with van der Waals surface area (Å²) in [5, 5.41) is 12.4. The highest BCUT2D eigenvalue weighted by molar-refractivity contribution is 6.07. The lowest BCUT2D eigenvalue weighted by molar-refractivity contribution is -0.144. The zero-order valence-electron chi connectivity index (χ0n) is 13.2. The smallest absolute Gasteiger partial charge is 0.236 e. The van der Waals surface area contributed by atoms with Gasteiger partial charge < -0.3 is 15.8 Å². The highest BCUT2D eigenvalue weighted by Crippen LogP contribution is 2.40. The number of amidine groups is 1. The number of hydrogen-bond acceptors (Lipinski definition) is 3. The minimum Gasteiger partial charge on any atom is -0.409 e. The number of hydrogen-bond donors (Lipinski definition) is 2. The van der Waals surface area contributed by atoms with Gasteiger partial charge in [-0.2, -0.15) is 0 Å². The van der Waals surface area contributed by atoms with Crippen molar-refractivity contribution in [2.75, 3.05) is 6.54 Å². The maximum absolute atomic E-state index is 13.2. The lowest BCUT2D eigenvalue weighted by Gasteiger charge is -2.43. The number of oxime groups is 1. The fraction of sp³-hybridized carbons (Fsp3) is 0.875. The lowest BCUT2D eigenvalue weighted by Crippen LogP contribution is -2.56. The van der Waals surface area contributed by atoms with E-state index in [2.05, 4.69) is 12.1 Å². The van der Waals surface area contributed by atoms with Crippen molar-refractivity contribution in [1.82, 2.24) is 4.90 Å². The number of carbonyl (C=O) groups excluding carboxylic acids is 1. The Morgan fingerprint density at radius 1 is 1.29 bits per heavy atom. The van der Waals surface area contributed by atoms with Crippen LogP contribution in [-0.4, -0.2) is 34.4 Å². The van der Waals surface area contributed by atoms with Crippen LogP contribution in [0.2, 0.25) is 0 Å². The van der Waals surface area contributed by atoms with Gasteiger partial charge in [-0.25, -0.2) is 0 Å². The number of nitrogens with two attached hydrogens (primary N) is 1. The Bertz CT molecular complexity index is 387. The van der Waals surface area contributed by atoms with Crippen LogP contribution in [0.25, 0.3) is 0 Å². The third-order valence-electron chi connectivity index (χ3n) is 5.22. The normalized spacial score (nSPS) is 26.6. The molecule has 5 heteroatoms. The predicted molar refractivity (Wildman–Crippen MR) is 83.2 cm³/mol. The van der Waals surface area contributed by atoms with Gasteiger partial charge in [0, 0.05) is 12.6 Å². The molecule has 5 nitrogen and oxygen atoms in total. The Labute approximate surface area is 127 Å². The van der Waals surface area contributed by atoms with Crippen LogP contribution >= 0.6 is 0 Å². The minimum atomic E-state index is -0.754. The van der Waals surface area contributed by atoms with E-state index < -0.39 is 5.41 Å². The summed E-state index contributed by atoms with van der Waals surface area (Å²) in [6.07, 6.45) is 10.0. The van der Waals surface area contributed by atoms with E-state index in [1.807, 2.05) is 4.90 Å². The van der Waals surface area contributed by atoms with Crippen molar-refractivity contribution in [2.45, 2.75) is 77.2 Å². The molecule has 0 aromatic rings. The Morgan fingerprint density at radius 2 is 2.00 bits per heavy atom. The number of rotatable bonds is 4. The summed E-state index contributed by atoms with van der Waals surface area (Å²) < 4.78 is 0. The molecule has 2 fully saturated rings. The van der Waals surface area contributed by atoms with Gasteiger partial charge in [0.05, 0.1) is 0 Å². The summed E-state index contributed by atoms with van der Waals surface area (Å²) in [5.74, 6) is 0.226. The molecule has 2 aliphatic rings. The Balaban J connectivity index is 2.24. The van der Waals surface area contributed by atoms with Crippen LogP contribution in [0.5, 0.6) is 0 Å². The van der Waals surface area contributed by atoms with E-state index in [0.717, 1.165) is 64.3 Å². The van der Waals surface area contributed by atoms with Gasteiger partial charge in [-0.15, -0.1) is 0 Å². The minimum absolute atomic E-state index is 0.107. The third kappa shape index (κ3) is 3.16. The zero-order valence-corrected chi connectivity index (χ0v) is 13.2. The van der Waals surface area contributed by atoms with E-state index in [0.29, 0.717) is 6.04 Å². The molecule has 1 aliphatic carbocycles. The third-order valence-corrected chi connectivity index (χ3v) is 5.22. The molecule has 21 heavy (non-hydrogen) atoms. The first-order chi connectivity index (χ1) is 10.2. The Morgan fingerprint density at radius 3 is 2.62 bits per heavy atom. The molecule has 1 amide bonds. The number of carbonyl (C=O) groups is 1. The number of nitrogens with zero attached hydrogens (tertiary/aromatic N) is 2. The first kappa shape index (κ1) is 16.1. The highest BCUT2D eigenvalue weighted by atomic mass is 16.4. The largest absolute Gasteiger partial charge is 0.409 e. The molecule has 1 heterocycles. The molecular formula is C16H29N3O2. The van der Waals surface area contributed by atoms with Crippen LogP contribution in [0.15, 0.2) is 5.16 Å². The van der Waals surface area contributed by atoms with Gasteiger partial charge in [0.2, 0.25) is 5.91 Å². The van der Waals surface area contributed by atoms with Gasteiger partial charge in [0.15, 0.2) is 5.84 Å². The van der Waals surface area contributed by atoms with Crippen molar-refractivity contribution in [3.05, 3.63) is 0 Å². The van der Waals surface area contributed by atoms with Gasteiger partial charge in [-0.05, 0) is 38.5 Å². The van der Waals surface area contributed by atoms with Crippen LogP contribution < -0.4 is 5.73 Å². The first-order valence-electron chi connectivity index (χ1n) is 8.45. The second kappa shape index (κ2) is 7.14. The highest BCUT2D eigenvalue weighted by Gasteiger charge is 2.47. The molecule has 0 aromatic carbocycles. The molecule has 2 rings (SSSR count). The van der Waals surface area contributed by atoms with E-state index in [1.54, 1.807) is 0 Å². The number of piperidine rings is 1. The van der Waals surface area contributed by atoms with E-state index in [-0.39, 0.29) is 11.7 Å². The fourth-order valence-electron chi connectivity index (χ4n) is 4.01. The van der Waals surface area contributed by atoms with Crippen LogP contribution in [0.4, 0.5) is 0 Å². The monoisotopic (exact) mass is 295 g/mol. The molecule has 3 N–H and O–H groups in total. The van der Waals surface area contributed by atoms with Crippen molar-refractivity contribution in [3.8, 4) is 0 Å². The SMILES string of the molecule is CCCC1CCCCN1C(=O)C1(C(N)=NO)CCCCC1. The summed E-state index contributed by atoms with van der Waals surface area (Å²) in [4.78, 5) is 15.3. The van der Waals surface area contributed by atoms with Crippen molar-refractivity contribution in [2.24, 2.45) is 16.3 Å². The molecule has 0 aromatic heterocycles. The molecule has 1 atom stereocenters. The van der Waals surface area contributed by atoms with Gasteiger partial charge in [0.25, 0.3) is 0 Å². The van der Waals surface area contributed by atoms with Crippen molar-refractivity contribution in [3.63, 3.8) is 0 Å². The van der Waals surface area contributed by atoms with Gasteiger partial charge in [-0.1, -0.05) is 37.8 Å². The summed E-state index contributed by atoms with van der Waals surface area (Å²) in [6.45, 7) is 2.99. The standard InChI is InChI=1S/C16H29N3O2/c1-2-8-13-9-4-7-12-19(13)15(20)16(14(17)18-21)10-5-3-6-11-16/h13,21H,2-12H2,1H3,(H2,17,18).